The van der Waals surface area contributed by atoms with Gasteiger partial charge in [0.25, 0.3) is 0 Å². The first kappa shape index (κ1) is 89.3. The predicted molar refractivity (Wildman–Crippen MR) is 481 cm³/mol. The molecular formula is C97H101N15O13. The van der Waals surface area contributed by atoms with E-state index in [1.165, 1.54) is 14.1 Å². The summed E-state index contributed by atoms with van der Waals surface area (Å²) in [5.74, 6) is -7.24. The topological polar surface area (TPSA) is 384 Å². The fourth-order valence-electron chi connectivity index (χ4n) is 14.5. The molecule has 0 radical (unpaired) electrons. The number of hydrogen-bond acceptors (Lipinski definition) is 16. The third-order valence-electron chi connectivity index (χ3n) is 20.7. The maximum absolute atomic E-state index is 15.0. The van der Waals surface area contributed by atoms with Crippen molar-refractivity contribution in [2.24, 2.45) is 11.7 Å². The zero-order valence-corrected chi connectivity index (χ0v) is 70.0. The maximum Gasteiger partial charge on any atom is 0.410 e. The van der Waals surface area contributed by atoms with Crippen LogP contribution in [0.2, 0.25) is 0 Å². The highest BCUT2D eigenvalue weighted by molar-refractivity contribution is 6.05. The molecule has 0 aliphatic carbocycles. The highest BCUT2D eigenvalue weighted by atomic mass is 16.6. The van der Waals surface area contributed by atoms with Gasteiger partial charge in [-0.05, 0) is 138 Å². The number of ether oxygens (including phenoxy) is 2. The van der Waals surface area contributed by atoms with Crippen molar-refractivity contribution in [1.29, 1.82) is 0 Å². The Kier molecular flexibility index (Phi) is 31.5. The lowest BCUT2D eigenvalue weighted by Gasteiger charge is -2.31. The fourth-order valence-corrected chi connectivity index (χ4v) is 14.5. The standard InChI is InChI=1S/C97H101N15O13/c1-63(2)55-80(93(119)101-57-84(114)99-53-54-100-86(116)59-110(3)96(122)124-61-65-27-13-6-14-28-65)109-94(120)81(56-64-25-11-5-12-26-64)108-85(115)58-102-95(121)82(37-23-24-52-98)112(88(118)60-111(4)97(123)125-62-66-29-15-7-16-30-66)87(117)51-50-83(113)103-71-40-38-70(39-41-71)92-78-48-46-76(106-78)90(68-33-19-9-20-34-68)74-44-42-72(104-74)89(67-31-17-8-18-32-67)73-43-45-75(105-73)91(69-35-21-10-22-36-69)77-47-49-79(92)107-77/h5-22,25-36,38-49,63,80-82,104,107H,23-24,37,50-62,98H2,1-4H3,(H,99,114)(H,100,116)(H,101,119)(H,102,121)(H,103,113)(H,108,115)(H,109,120). The van der Waals surface area contributed by atoms with Gasteiger partial charge >= 0.3 is 12.2 Å². The molecule has 3 aromatic heterocycles. The molecule has 3 atom stereocenters. The molecule has 5 heterocycles. The van der Waals surface area contributed by atoms with Crippen LogP contribution in [0.4, 0.5) is 15.3 Å². The second-order valence-corrected chi connectivity index (χ2v) is 30.6. The molecule has 0 fully saturated rings. The molecule has 0 saturated carbocycles. The molecule has 2 aliphatic heterocycles. The number of nitrogens with two attached hydrogens (primary N) is 1. The lowest BCUT2D eigenvalue weighted by Crippen LogP contribution is -2.57. The number of fused-ring (bicyclic) bond motifs is 8. The van der Waals surface area contributed by atoms with Crippen LogP contribution >= 0.6 is 0 Å². The number of H-pyrrole nitrogens is 2. The summed E-state index contributed by atoms with van der Waals surface area (Å²) in [6.07, 6.45) is 5.71. The van der Waals surface area contributed by atoms with Crippen LogP contribution in [0.5, 0.6) is 0 Å². The minimum Gasteiger partial charge on any atom is -0.445 e. The highest BCUT2D eigenvalue weighted by Crippen LogP contribution is 2.39. The van der Waals surface area contributed by atoms with Crippen molar-refractivity contribution in [3.05, 3.63) is 270 Å². The van der Waals surface area contributed by atoms with Crippen molar-refractivity contribution < 1.29 is 62.2 Å². The maximum atomic E-state index is 15.0. The molecule has 12 rings (SSSR count). The average Bonchev–Trinajstić information content (AvgIpc) is 1.62. The lowest BCUT2D eigenvalue weighted by molar-refractivity contribution is -0.153. The summed E-state index contributed by atoms with van der Waals surface area (Å²) in [7, 11) is 2.69. The number of rotatable bonds is 37. The first-order chi connectivity index (χ1) is 60.6. The van der Waals surface area contributed by atoms with Gasteiger partial charge < -0.3 is 72.2 Å². The highest BCUT2D eigenvalue weighted by Gasteiger charge is 2.37. The molecule has 2 aliphatic rings. The van der Waals surface area contributed by atoms with E-state index in [1.54, 1.807) is 84.9 Å². The van der Waals surface area contributed by atoms with Crippen molar-refractivity contribution in [1.82, 2.24) is 66.5 Å². The molecule has 125 heavy (non-hydrogen) atoms. The summed E-state index contributed by atoms with van der Waals surface area (Å²) in [6.45, 7) is 1.26. The van der Waals surface area contributed by atoms with Gasteiger partial charge in [0.2, 0.25) is 53.2 Å². The van der Waals surface area contributed by atoms with Crippen molar-refractivity contribution >= 4 is 117 Å². The Hall–Kier alpha value is -14.9. The number of carbonyl (C=O) groups excluding carboxylic acids is 11. The summed E-state index contributed by atoms with van der Waals surface area (Å²) >= 11 is 0. The molecule has 10 aromatic rings. The average molecular weight is 1680 g/mol. The van der Waals surface area contributed by atoms with Gasteiger partial charge in [-0.3, -0.25) is 48.1 Å². The lowest BCUT2D eigenvalue weighted by atomic mass is 10.0. The molecule has 8 bridgehead atoms. The quantitative estimate of drug-likeness (QED) is 0.0162. The SMILES string of the molecule is CC(C)CC(NC(=O)C(Cc1ccccc1)NC(=O)CNC(=O)C(CCCCN)N(C(=O)CCC(=O)Nc1ccc(-c2c3nc(c(-c4ccccc4)c4ccc([nH]4)c(-c4ccccc4)c4nc(c(-c5ccccc5)c5ccc2[nH]5)C=C4)C=C3)cc1)C(=O)CN(C)C(=O)OCc1ccccc1)C(=O)NCC(=O)NCCNC(=O)CN(C)C(=O)OCc1ccccc1. The Balaban J connectivity index is 0.746. The van der Waals surface area contributed by atoms with E-state index in [0.29, 0.717) is 39.5 Å². The summed E-state index contributed by atoms with van der Waals surface area (Å²) < 4.78 is 10.8. The number of hydrogen-bond donors (Lipinski definition) is 10. The molecule has 3 unspecified atom stereocenters. The number of anilines is 1. The molecular weight excluding hydrogens is 1580 g/mol. The zero-order valence-electron chi connectivity index (χ0n) is 70.0. The van der Waals surface area contributed by atoms with E-state index in [9.17, 15) is 52.7 Å². The van der Waals surface area contributed by atoms with Crippen LogP contribution in [0.25, 0.3) is 90.9 Å². The van der Waals surface area contributed by atoms with Crippen molar-refractivity contribution in [2.45, 2.75) is 90.1 Å². The molecule has 28 heteroatoms. The second kappa shape index (κ2) is 44.0. The Labute approximate surface area is 723 Å². The van der Waals surface area contributed by atoms with Crippen molar-refractivity contribution in [3.8, 4) is 44.5 Å². The van der Waals surface area contributed by atoms with Gasteiger partial charge in [0.15, 0.2) is 0 Å². The third-order valence-corrected chi connectivity index (χ3v) is 20.7. The van der Waals surface area contributed by atoms with Crippen LogP contribution < -0.4 is 43.0 Å². The Morgan fingerprint density at radius 2 is 0.824 bits per heavy atom. The number of unbranched alkanes of at least 4 members (excludes halogenated alkanes) is 1. The van der Waals surface area contributed by atoms with Gasteiger partial charge in [-0.25, -0.2) is 19.6 Å². The Bertz CT molecular complexity index is 5700. The van der Waals surface area contributed by atoms with Crippen LogP contribution in [0.15, 0.2) is 231 Å². The summed E-state index contributed by atoms with van der Waals surface area (Å²) in [6, 6.07) is 68.0. The normalized spacial score (nSPS) is 12.0. The summed E-state index contributed by atoms with van der Waals surface area (Å²) in [5, 5.41) is 18.6. The fraction of sp³-hybridized carbons (Fsp3) is 0.247. The first-order valence-electron chi connectivity index (χ1n) is 41.5. The van der Waals surface area contributed by atoms with E-state index in [2.05, 4.69) is 95.7 Å². The largest absolute Gasteiger partial charge is 0.445 e. The van der Waals surface area contributed by atoms with Gasteiger partial charge in [-0.15, -0.1) is 0 Å². The number of imide groups is 1. The minimum atomic E-state index is -1.64. The van der Waals surface area contributed by atoms with Gasteiger partial charge in [0, 0.05) is 96.5 Å². The number of carbonyl (C=O) groups is 11. The predicted octanol–water partition coefficient (Wildman–Crippen LogP) is 12.2. The molecule has 11 amide bonds. The Morgan fingerprint density at radius 1 is 0.408 bits per heavy atom. The number of likely N-dealkylation sites (N-methyl/N-ethyl adjacent to an activating group) is 2. The van der Waals surface area contributed by atoms with E-state index in [-0.39, 0.29) is 71.0 Å². The van der Waals surface area contributed by atoms with Gasteiger partial charge in [-0.2, -0.15) is 0 Å². The smallest absolute Gasteiger partial charge is 0.410 e. The molecule has 11 N–H and O–H groups in total. The molecule has 7 aromatic carbocycles. The van der Waals surface area contributed by atoms with Gasteiger partial charge in [0.05, 0.1) is 35.9 Å². The van der Waals surface area contributed by atoms with Crippen LogP contribution in [-0.2, 0) is 72.3 Å². The van der Waals surface area contributed by atoms with Crippen LogP contribution in [0.1, 0.15) is 91.8 Å². The van der Waals surface area contributed by atoms with E-state index in [0.717, 1.165) is 93.3 Å². The second-order valence-electron chi connectivity index (χ2n) is 30.6. The van der Waals surface area contributed by atoms with Crippen LogP contribution in [-0.4, -0.2) is 178 Å². The van der Waals surface area contributed by atoms with Crippen LogP contribution in [0.3, 0.4) is 0 Å². The minimum absolute atomic E-state index is 0.00919. The first-order valence-corrected chi connectivity index (χ1v) is 41.5. The number of nitrogens with one attached hydrogen (secondary N) is 9. The van der Waals surface area contributed by atoms with Crippen molar-refractivity contribution in [3.63, 3.8) is 0 Å². The van der Waals surface area contributed by atoms with Crippen molar-refractivity contribution in [2.75, 3.05) is 65.2 Å². The zero-order chi connectivity index (χ0) is 88.1. The molecule has 0 spiro atoms. The van der Waals surface area contributed by atoms with E-state index >= 15 is 0 Å². The third kappa shape index (κ3) is 24.9. The summed E-state index contributed by atoms with van der Waals surface area (Å²) in [4.78, 5) is 174. The molecule has 0 saturated heterocycles. The monoisotopic (exact) mass is 1680 g/mol. The number of aromatic nitrogens is 4. The number of amides is 11. The van der Waals surface area contributed by atoms with Gasteiger partial charge in [-0.1, -0.05) is 208 Å². The van der Waals surface area contributed by atoms with E-state index < -0.39 is 116 Å². The van der Waals surface area contributed by atoms with E-state index in [4.69, 9.17) is 25.2 Å². The number of benzene rings is 7. The van der Waals surface area contributed by atoms with E-state index in [1.807, 2.05) is 135 Å². The number of nitrogens with zero attached hydrogens (tertiary/aromatic N) is 5. The molecule has 642 valence electrons. The number of aromatic amines is 2. The Morgan fingerprint density at radius 3 is 1.28 bits per heavy atom. The van der Waals surface area contributed by atoms with Crippen LogP contribution in [0, 0.1) is 5.92 Å². The molecule has 28 nitrogen and oxygen atoms in total. The summed E-state index contributed by atoms with van der Waals surface area (Å²) in [5.41, 5.74) is 21.5. The van der Waals surface area contributed by atoms with Gasteiger partial charge in [0.1, 0.15) is 44.4 Å².